The lowest BCUT2D eigenvalue weighted by Crippen LogP contribution is -2.58. The lowest BCUT2D eigenvalue weighted by molar-refractivity contribution is -0.105. The number of likely N-dealkylation sites (N-methyl/N-ethyl adjacent to an activating group) is 1. The summed E-state index contributed by atoms with van der Waals surface area (Å²) in [6.45, 7) is 8.36. The minimum Gasteiger partial charge on any atom is -0.380 e. The molecule has 4 atom stereocenters. The van der Waals surface area contributed by atoms with Gasteiger partial charge in [-0.1, -0.05) is 20.8 Å². The van der Waals surface area contributed by atoms with Crippen LogP contribution in [-0.4, -0.2) is 34.4 Å². The number of anilines is 2. The molecule has 0 unspecified atom stereocenters. The summed E-state index contributed by atoms with van der Waals surface area (Å²) in [4.78, 5) is 19.0. The topological polar surface area (TPSA) is 63.1 Å². The van der Waals surface area contributed by atoms with Crippen LogP contribution in [0.1, 0.15) is 33.6 Å². The molecule has 6 nitrogen and oxygen atoms in total. The van der Waals surface area contributed by atoms with Crippen molar-refractivity contribution >= 4 is 27.3 Å². The molecular formula is C22H30BrN5O. The molecule has 0 aliphatic heterocycles. The summed E-state index contributed by atoms with van der Waals surface area (Å²) >= 11 is 3.52. The third-order valence-electron chi connectivity index (χ3n) is 7.43. The van der Waals surface area contributed by atoms with Gasteiger partial charge in [0, 0.05) is 37.7 Å². The molecule has 0 radical (unpaired) electrons. The average molecular weight is 460 g/mol. The average Bonchev–Trinajstić information content (AvgIpc) is 2.72. The Kier molecular flexibility index (Phi) is 5.44. The van der Waals surface area contributed by atoms with Crippen LogP contribution >= 0.6 is 15.9 Å². The minimum absolute atomic E-state index is 0.0907. The maximum atomic E-state index is 12.8. The maximum Gasteiger partial charge on any atom is 0.283 e. The molecule has 2 aromatic rings. The standard InChI is InChI=1S/C22H30BrN5O/c1-14-17-11-15(22(17,2)3)12-18(14)26-19-13-25-28(21(29)20(19)23)10-9-27(4)16-5-7-24-8-6-16/h5-8,13-15,17-18,26H,9-12H2,1-4H3/t14-,15+,17-,18-/m1/s1. The second kappa shape index (κ2) is 7.74. The lowest BCUT2D eigenvalue weighted by atomic mass is 9.45. The normalized spacial score (nSPS) is 27.2. The Balaban J connectivity index is 1.42. The quantitative estimate of drug-likeness (QED) is 0.706. The van der Waals surface area contributed by atoms with Crippen LogP contribution in [0.2, 0.25) is 0 Å². The van der Waals surface area contributed by atoms with Gasteiger partial charge in [0.05, 0.1) is 18.4 Å². The van der Waals surface area contributed by atoms with Gasteiger partial charge in [-0.05, 0) is 64.1 Å². The second-order valence-corrected chi connectivity index (χ2v) is 10.0. The molecule has 0 spiro atoms. The maximum absolute atomic E-state index is 12.8. The van der Waals surface area contributed by atoms with Gasteiger partial charge in [0.25, 0.3) is 5.56 Å². The summed E-state index contributed by atoms with van der Waals surface area (Å²) in [6.07, 6.45) is 7.83. The van der Waals surface area contributed by atoms with Gasteiger partial charge in [-0.2, -0.15) is 5.10 Å². The van der Waals surface area contributed by atoms with Crippen LogP contribution in [0.25, 0.3) is 0 Å². The molecule has 156 valence electrons. The molecule has 1 N–H and O–H groups in total. The number of rotatable bonds is 6. The van der Waals surface area contributed by atoms with Gasteiger partial charge in [0.2, 0.25) is 0 Å². The zero-order chi connectivity index (χ0) is 20.8. The molecule has 7 heteroatoms. The van der Waals surface area contributed by atoms with E-state index in [4.69, 9.17) is 0 Å². The van der Waals surface area contributed by atoms with E-state index in [-0.39, 0.29) is 5.56 Å². The van der Waals surface area contributed by atoms with Crippen molar-refractivity contribution in [2.75, 3.05) is 23.8 Å². The molecule has 29 heavy (non-hydrogen) atoms. The number of aromatic nitrogens is 3. The highest BCUT2D eigenvalue weighted by molar-refractivity contribution is 9.10. The predicted octanol–water partition coefficient (Wildman–Crippen LogP) is 4.02. The van der Waals surface area contributed by atoms with Crippen LogP contribution in [0.15, 0.2) is 40.0 Å². The van der Waals surface area contributed by atoms with Crippen LogP contribution < -0.4 is 15.8 Å². The van der Waals surface area contributed by atoms with Crippen molar-refractivity contribution in [2.45, 2.75) is 46.2 Å². The second-order valence-electron chi connectivity index (χ2n) is 9.23. The summed E-state index contributed by atoms with van der Waals surface area (Å²) in [5, 5.41) is 8.04. The van der Waals surface area contributed by atoms with E-state index in [1.807, 2.05) is 19.2 Å². The first-order valence-corrected chi connectivity index (χ1v) is 11.2. The van der Waals surface area contributed by atoms with Crippen molar-refractivity contribution in [3.05, 3.63) is 45.5 Å². The highest BCUT2D eigenvalue weighted by Crippen LogP contribution is 2.61. The van der Waals surface area contributed by atoms with Crippen LogP contribution in [0, 0.1) is 23.2 Å². The minimum atomic E-state index is -0.0907. The first-order chi connectivity index (χ1) is 13.8. The summed E-state index contributed by atoms with van der Waals surface area (Å²) in [6, 6.07) is 4.31. The summed E-state index contributed by atoms with van der Waals surface area (Å²) < 4.78 is 2.10. The third kappa shape index (κ3) is 3.69. The molecule has 2 bridgehead atoms. The molecule has 3 fully saturated rings. The number of nitrogens with one attached hydrogen (secondary N) is 1. The highest BCUT2D eigenvalue weighted by atomic mass is 79.9. The Bertz CT molecular complexity index is 929. The van der Waals surface area contributed by atoms with Crippen molar-refractivity contribution in [3.63, 3.8) is 0 Å². The van der Waals surface area contributed by atoms with Crippen molar-refractivity contribution < 1.29 is 0 Å². The van der Waals surface area contributed by atoms with Crippen LogP contribution in [0.5, 0.6) is 0 Å². The van der Waals surface area contributed by atoms with Gasteiger partial charge in [0.1, 0.15) is 4.47 Å². The van der Waals surface area contributed by atoms with Gasteiger partial charge in [0.15, 0.2) is 0 Å². The van der Waals surface area contributed by atoms with Gasteiger partial charge in [-0.25, -0.2) is 4.68 Å². The number of fused-ring (bicyclic) bond motifs is 2. The van der Waals surface area contributed by atoms with Gasteiger partial charge < -0.3 is 10.2 Å². The van der Waals surface area contributed by atoms with Crippen LogP contribution in [0.4, 0.5) is 11.4 Å². The summed E-state index contributed by atoms with van der Waals surface area (Å²) in [7, 11) is 2.00. The molecule has 0 amide bonds. The smallest absolute Gasteiger partial charge is 0.283 e. The lowest BCUT2D eigenvalue weighted by Gasteiger charge is -2.62. The number of hydrogen-bond acceptors (Lipinski definition) is 5. The number of pyridine rings is 1. The molecule has 2 aromatic heterocycles. The van der Waals surface area contributed by atoms with E-state index in [0.29, 0.717) is 34.9 Å². The monoisotopic (exact) mass is 459 g/mol. The molecule has 3 aliphatic carbocycles. The number of halogens is 1. The van der Waals surface area contributed by atoms with E-state index >= 15 is 0 Å². The van der Waals surface area contributed by atoms with E-state index in [9.17, 15) is 4.79 Å². The highest BCUT2D eigenvalue weighted by Gasteiger charge is 2.56. The zero-order valence-corrected chi connectivity index (χ0v) is 19.2. The van der Waals surface area contributed by atoms with Crippen molar-refractivity contribution in [1.82, 2.24) is 14.8 Å². The van der Waals surface area contributed by atoms with Gasteiger partial charge in [-0.3, -0.25) is 9.78 Å². The van der Waals surface area contributed by atoms with E-state index in [1.54, 1.807) is 18.6 Å². The summed E-state index contributed by atoms with van der Waals surface area (Å²) in [5.74, 6) is 2.13. The summed E-state index contributed by atoms with van der Waals surface area (Å²) in [5.41, 5.74) is 2.24. The fourth-order valence-electron chi connectivity index (χ4n) is 5.24. The van der Waals surface area contributed by atoms with Crippen molar-refractivity contribution in [2.24, 2.45) is 23.2 Å². The number of hydrogen-bond donors (Lipinski definition) is 1. The van der Waals surface area contributed by atoms with Crippen LogP contribution in [-0.2, 0) is 6.54 Å². The molecule has 2 heterocycles. The Labute approximate surface area is 180 Å². The Morgan fingerprint density at radius 3 is 2.69 bits per heavy atom. The molecule has 0 saturated heterocycles. The fraction of sp³-hybridized carbons (Fsp3) is 0.591. The zero-order valence-electron chi connectivity index (χ0n) is 17.6. The third-order valence-corrected chi connectivity index (χ3v) is 8.20. The molecular weight excluding hydrogens is 430 g/mol. The largest absolute Gasteiger partial charge is 0.380 e. The van der Waals surface area contributed by atoms with E-state index in [1.165, 1.54) is 11.1 Å². The fourth-order valence-corrected chi connectivity index (χ4v) is 5.66. The van der Waals surface area contributed by atoms with E-state index < -0.39 is 0 Å². The van der Waals surface area contributed by atoms with Gasteiger partial charge >= 0.3 is 0 Å². The van der Waals surface area contributed by atoms with Crippen molar-refractivity contribution in [3.8, 4) is 0 Å². The molecule has 5 rings (SSSR count). The Morgan fingerprint density at radius 1 is 1.31 bits per heavy atom. The number of nitrogens with zero attached hydrogens (tertiary/aromatic N) is 4. The Morgan fingerprint density at radius 2 is 2.03 bits per heavy atom. The van der Waals surface area contributed by atoms with Crippen LogP contribution in [0.3, 0.4) is 0 Å². The first-order valence-electron chi connectivity index (χ1n) is 10.4. The van der Waals surface area contributed by atoms with E-state index in [0.717, 1.165) is 29.6 Å². The van der Waals surface area contributed by atoms with Gasteiger partial charge in [-0.15, -0.1) is 0 Å². The first kappa shape index (κ1) is 20.4. The SMILES string of the molecule is C[C@@H]1[C@H]2C[C@@H](C[C@H]1Nc1cnn(CCN(C)c3ccncc3)c(=O)c1Br)C2(C)C. The predicted molar refractivity (Wildman–Crippen MR) is 120 cm³/mol. The van der Waals surface area contributed by atoms with Crippen molar-refractivity contribution in [1.29, 1.82) is 0 Å². The molecule has 3 saturated carbocycles. The Hall–Kier alpha value is -1.89. The molecule has 0 aromatic carbocycles. The molecule has 3 aliphatic rings. The van der Waals surface area contributed by atoms with E-state index in [2.05, 4.69) is 57.0 Å².